The molecular weight excluding hydrogens is 302 g/mol. The fraction of sp³-hybridized carbons (Fsp3) is 0.667. The third-order valence-corrected chi connectivity index (χ3v) is 3.01. The topological polar surface area (TPSA) is 114 Å². The van der Waals surface area contributed by atoms with Crippen molar-refractivity contribution in [2.75, 3.05) is 25.1 Å². The van der Waals surface area contributed by atoms with Gasteiger partial charge in [-0.2, -0.15) is 0 Å². The fourth-order valence-electron chi connectivity index (χ4n) is 1.84. The molecule has 0 aliphatic rings. The molecule has 3 N–H and O–H groups in total. The van der Waals surface area contributed by atoms with Gasteiger partial charge in [0.05, 0.1) is 0 Å². The number of hydrogen-bond donors (Lipinski definition) is 3. The van der Waals surface area contributed by atoms with Crippen molar-refractivity contribution in [1.29, 1.82) is 0 Å². The van der Waals surface area contributed by atoms with Gasteiger partial charge in [0.25, 0.3) is 5.56 Å². The molecule has 1 heterocycles. The van der Waals surface area contributed by atoms with Crippen LogP contribution in [0, 0.1) is 5.41 Å². The Morgan fingerprint density at radius 3 is 2.30 bits per heavy atom. The van der Waals surface area contributed by atoms with Crippen molar-refractivity contribution in [2.24, 2.45) is 5.41 Å². The molecule has 8 heteroatoms. The van der Waals surface area contributed by atoms with Crippen molar-refractivity contribution in [2.45, 2.75) is 40.4 Å². The van der Waals surface area contributed by atoms with Crippen molar-refractivity contribution in [3.05, 3.63) is 22.1 Å². The molecule has 0 atom stereocenters. The van der Waals surface area contributed by atoms with Crippen LogP contribution in [-0.2, 0) is 20.1 Å². The van der Waals surface area contributed by atoms with Gasteiger partial charge in [0.2, 0.25) is 17.6 Å². The van der Waals surface area contributed by atoms with E-state index in [1.54, 1.807) is 34.6 Å². The molecule has 0 aromatic carbocycles. The number of ether oxygens (including phenoxy) is 2. The second-order valence-electron chi connectivity index (χ2n) is 5.96. The molecule has 0 unspecified atom stereocenters. The highest BCUT2D eigenvalue weighted by Crippen LogP contribution is 2.25. The number of hydrogen-bond acceptors (Lipinski definition) is 6. The van der Waals surface area contributed by atoms with Gasteiger partial charge in [0.1, 0.15) is 12.3 Å². The fourth-order valence-corrected chi connectivity index (χ4v) is 1.84. The number of aromatic nitrogens is 2. The molecule has 1 rings (SSSR count). The van der Waals surface area contributed by atoms with E-state index in [-0.39, 0.29) is 30.8 Å². The van der Waals surface area contributed by atoms with E-state index in [1.807, 2.05) is 0 Å². The molecule has 0 spiro atoms. The van der Waals surface area contributed by atoms with Gasteiger partial charge >= 0.3 is 0 Å². The number of rotatable bonds is 7. The van der Waals surface area contributed by atoms with Gasteiger partial charge < -0.3 is 14.6 Å². The second kappa shape index (κ2) is 7.67. The molecule has 0 bridgehead atoms. The van der Waals surface area contributed by atoms with Gasteiger partial charge in [-0.05, 0) is 13.8 Å². The summed E-state index contributed by atoms with van der Waals surface area (Å²) in [6, 6.07) is 1.17. The lowest BCUT2D eigenvalue weighted by Crippen LogP contribution is -2.40. The predicted octanol–water partition coefficient (Wildman–Crippen LogP) is 0.973. The predicted molar refractivity (Wildman–Crippen MR) is 85.0 cm³/mol. The van der Waals surface area contributed by atoms with E-state index in [1.165, 1.54) is 6.07 Å². The summed E-state index contributed by atoms with van der Waals surface area (Å²) in [6.07, 6.45) is 0. The van der Waals surface area contributed by atoms with Crippen molar-refractivity contribution < 1.29 is 19.4 Å². The van der Waals surface area contributed by atoms with Gasteiger partial charge in [0, 0.05) is 24.7 Å². The lowest BCUT2D eigenvalue weighted by atomic mass is 9.96. The highest BCUT2D eigenvalue weighted by Gasteiger charge is 2.36. The number of aliphatic hydroxyl groups excluding tert-OH is 1. The van der Waals surface area contributed by atoms with Crippen molar-refractivity contribution in [1.82, 2.24) is 9.97 Å². The number of anilines is 1. The van der Waals surface area contributed by atoms with Crippen molar-refractivity contribution in [3.63, 3.8) is 0 Å². The first kappa shape index (κ1) is 19.3. The second-order valence-corrected chi connectivity index (χ2v) is 5.96. The Kier molecular flexibility index (Phi) is 6.43. The van der Waals surface area contributed by atoms with Crippen molar-refractivity contribution in [3.8, 4) is 0 Å². The van der Waals surface area contributed by atoms with Gasteiger partial charge in [-0.15, -0.1) is 0 Å². The molecule has 0 saturated carbocycles. The van der Waals surface area contributed by atoms with Crippen LogP contribution in [0.3, 0.4) is 0 Å². The molecule has 0 radical (unpaired) electrons. The number of aromatic amines is 1. The lowest BCUT2D eigenvalue weighted by Gasteiger charge is -2.30. The van der Waals surface area contributed by atoms with Crippen LogP contribution in [0.5, 0.6) is 0 Å². The zero-order chi connectivity index (χ0) is 17.7. The third kappa shape index (κ3) is 4.85. The number of amides is 1. The summed E-state index contributed by atoms with van der Waals surface area (Å²) in [6.45, 7) is 8.67. The third-order valence-electron chi connectivity index (χ3n) is 3.01. The number of aliphatic hydroxyl groups is 1. The average Bonchev–Trinajstić information content (AvgIpc) is 2.45. The maximum absolute atomic E-state index is 12.0. The van der Waals surface area contributed by atoms with E-state index in [0.717, 1.165) is 0 Å². The Balaban J connectivity index is 3.26. The van der Waals surface area contributed by atoms with Crippen molar-refractivity contribution >= 4 is 11.9 Å². The zero-order valence-electron chi connectivity index (χ0n) is 14.2. The number of nitrogens with one attached hydrogen (secondary N) is 2. The van der Waals surface area contributed by atoms with Crippen LogP contribution in [0.25, 0.3) is 0 Å². The highest BCUT2D eigenvalue weighted by atomic mass is 16.7. The van der Waals surface area contributed by atoms with Crippen LogP contribution in [-0.4, -0.2) is 40.8 Å². The van der Waals surface area contributed by atoms with Gasteiger partial charge in [-0.1, -0.05) is 20.8 Å². The first-order valence-electron chi connectivity index (χ1n) is 7.50. The monoisotopic (exact) mass is 327 g/mol. The molecule has 130 valence electrons. The molecule has 0 aliphatic carbocycles. The summed E-state index contributed by atoms with van der Waals surface area (Å²) in [4.78, 5) is 30.5. The van der Waals surface area contributed by atoms with Crippen LogP contribution in [0.4, 0.5) is 5.95 Å². The summed E-state index contributed by atoms with van der Waals surface area (Å²) in [5.41, 5.74) is -1.05. The van der Waals surface area contributed by atoms with E-state index in [0.29, 0.717) is 0 Å². The highest BCUT2D eigenvalue weighted by molar-refractivity contribution is 5.92. The lowest BCUT2D eigenvalue weighted by molar-refractivity contribution is -0.262. The molecule has 0 saturated heterocycles. The largest absolute Gasteiger partial charge is 0.390 e. The van der Waals surface area contributed by atoms with Gasteiger partial charge in [-0.25, -0.2) is 4.98 Å². The average molecular weight is 327 g/mol. The van der Waals surface area contributed by atoms with E-state index in [2.05, 4.69) is 15.3 Å². The molecular formula is C15H25N3O5. The molecule has 8 nitrogen and oxygen atoms in total. The standard InChI is InChI=1S/C15H25N3O5/c1-6-22-15(9-19,23-7-2)10-8-11(20)17-13(16-10)18-12(21)14(3,4)5/h8,19H,6-7,9H2,1-5H3,(H2,16,17,18,20,21). The minimum Gasteiger partial charge on any atom is -0.390 e. The summed E-state index contributed by atoms with van der Waals surface area (Å²) in [5.74, 6) is -1.87. The van der Waals surface area contributed by atoms with Crippen LogP contribution >= 0.6 is 0 Å². The smallest absolute Gasteiger partial charge is 0.252 e. The normalized spacial score (nSPS) is 12.3. The molecule has 1 aromatic heterocycles. The molecule has 0 aliphatic heterocycles. The Morgan fingerprint density at radius 2 is 1.87 bits per heavy atom. The summed E-state index contributed by atoms with van der Waals surface area (Å²) >= 11 is 0. The minimum atomic E-state index is -1.54. The van der Waals surface area contributed by atoms with E-state index in [9.17, 15) is 14.7 Å². The quantitative estimate of drug-likeness (QED) is 0.643. The Hall–Kier alpha value is -1.77. The van der Waals surface area contributed by atoms with E-state index >= 15 is 0 Å². The maximum atomic E-state index is 12.0. The Labute approximate surface area is 135 Å². The molecule has 1 amide bonds. The molecule has 23 heavy (non-hydrogen) atoms. The summed E-state index contributed by atoms with van der Waals surface area (Å²) in [5, 5.41) is 12.2. The zero-order valence-corrected chi connectivity index (χ0v) is 14.2. The van der Waals surface area contributed by atoms with Crippen LogP contribution in [0.15, 0.2) is 10.9 Å². The molecule has 1 aromatic rings. The number of carbonyl (C=O) groups is 1. The number of H-pyrrole nitrogens is 1. The van der Waals surface area contributed by atoms with E-state index in [4.69, 9.17) is 9.47 Å². The summed E-state index contributed by atoms with van der Waals surface area (Å²) in [7, 11) is 0. The Morgan fingerprint density at radius 1 is 1.30 bits per heavy atom. The minimum absolute atomic E-state index is 0.0235. The van der Waals surface area contributed by atoms with Crippen LogP contribution in [0.2, 0.25) is 0 Å². The SMILES string of the molecule is CCOC(CO)(OCC)c1cc(=O)[nH]c(NC(=O)C(C)(C)C)n1. The number of carbonyl (C=O) groups excluding carboxylic acids is 1. The first-order chi connectivity index (χ1) is 10.7. The Bertz CT molecular complexity index is 586. The molecule has 0 fully saturated rings. The van der Waals surface area contributed by atoms with Gasteiger partial charge in [-0.3, -0.25) is 19.9 Å². The summed E-state index contributed by atoms with van der Waals surface area (Å²) < 4.78 is 11.0. The first-order valence-corrected chi connectivity index (χ1v) is 7.50. The maximum Gasteiger partial charge on any atom is 0.252 e. The van der Waals surface area contributed by atoms with Crippen LogP contribution < -0.4 is 10.9 Å². The van der Waals surface area contributed by atoms with Crippen LogP contribution in [0.1, 0.15) is 40.3 Å². The van der Waals surface area contributed by atoms with Gasteiger partial charge in [0.15, 0.2) is 0 Å². The number of nitrogens with zero attached hydrogens (tertiary/aromatic N) is 1. The van der Waals surface area contributed by atoms with E-state index < -0.39 is 23.4 Å².